The first-order valence-electron chi connectivity index (χ1n) is 7.99. The summed E-state index contributed by atoms with van der Waals surface area (Å²) in [4.78, 5) is 12.2. The number of benzene rings is 2. The van der Waals surface area contributed by atoms with Crippen LogP contribution in [0.4, 0.5) is 6.01 Å². The van der Waals surface area contributed by atoms with Crippen LogP contribution in [0.1, 0.15) is 30.9 Å². The Hall–Kier alpha value is -2.47. The largest absolute Gasteiger partial charge is 0.403 e. The minimum atomic E-state index is -0.193. The molecule has 0 spiro atoms. The van der Waals surface area contributed by atoms with Crippen LogP contribution in [0.2, 0.25) is 0 Å². The van der Waals surface area contributed by atoms with Crippen molar-refractivity contribution in [1.29, 1.82) is 0 Å². The maximum Gasteiger partial charge on any atom is 0.322 e. The summed E-state index contributed by atoms with van der Waals surface area (Å²) in [6, 6.07) is 15.6. The molecule has 2 aromatic carbocycles. The zero-order valence-electron chi connectivity index (χ0n) is 14.0. The molecule has 0 bridgehead atoms. The van der Waals surface area contributed by atoms with Gasteiger partial charge in [0.25, 0.3) is 0 Å². The molecular formula is C19H18BrN3O2. The standard InChI is InChI=1S/C19H18BrN3O2/c1-12(2)14-8-6-13(7-9-14)10-17(24)21-19-23-22-18(25-19)15-4-3-5-16(20)11-15/h3-9,11-12H,10H2,1-2H3,(H,21,23,24). The number of halogens is 1. The summed E-state index contributed by atoms with van der Waals surface area (Å²) in [6.45, 7) is 4.28. The summed E-state index contributed by atoms with van der Waals surface area (Å²) in [5.41, 5.74) is 2.97. The molecule has 0 radical (unpaired) electrons. The Labute approximate surface area is 154 Å². The number of rotatable bonds is 5. The van der Waals surface area contributed by atoms with Crippen molar-refractivity contribution in [2.24, 2.45) is 0 Å². The van der Waals surface area contributed by atoms with Crippen LogP contribution in [0.3, 0.4) is 0 Å². The van der Waals surface area contributed by atoms with Crippen LogP contribution in [0, 0.1) is 0 Å². The maximum absolute atomic E-state index is 12.2. The monoisotopic (exact) mass is 399 g/mol. The first-order chi connectivity index (χ1) is 12.0. The molecular weight excluding hydrogens is 382 g/mol. The van der Waals surface area contributed by atoms with Crippen molar-refractivity contribution in [3.63, 3.8) is 0 Å². The highest BCUT2D eigenvalue weighted by Gasteiger charge is 2.12. The number of hydrogen-bond donors (Lipinski definition) is 1. The van der Waals surface area contributed by atoms with Gasteiger partial charge in [-0.1, -0.05) is 65.2 Å². The molecule has 0 saturated heterocycles. The van der Waals surface area contributed by atoms with Crippen molar-refractivity contribution in [2.75, 3.05) is 5.32 Å². The summed E-state index contributed by atoms with van der Waals surface area (Å²) in [7, 11) is 0. The number of nitrogens with one attached hydrogen (secondary N) is 1. The van der Waals surface area contributed by atoms with Crippen LogP contribution in [0.25, 0.3) is 11.5 Å². The number of hydrogen-bond acceptors (Lipinski definition) is 4. The van der Waals surface area contributed by atoms with Gasteiger partial charge in [0.05, 0.1) is 6.42 Å². The van der Waals surface area contributed by atoms with Gasteiger partial charge in [0.15, 0.2) is 0 Å². The molecule has 0 saturated carbocycles. The van der Waals surface area contributed by atoms with Crippen molar-refractivity contribution in [2.45, 2.75) is 26.2 Å². The van der Waals surface area contributed by atoms with E-state index in [0.717, 1.165) is 15.6 Å². The molecule has 1 N–H and O–H groups in total. The Morgan fingerprint density at radius 3 is 2.60 bits per heavy atom. The van der Waals surface area contributed by atoms with Gasteiger partial charge in [0, 0.05) is 10.0 Å². The highest BCUT2D eigenvalue weighted by molar-refractivity contribution is 9.10. The normalized spacial score (nSPS) is 10.9. The van der Waals surface area contributed by atoms with Gasteiger partial charge in [-0.05, 0) is 35.2 Å². The van der Waals surface area contributed by atoms with E-state index in [4.69, 9.17) is 4.42 Å². The van der Waals surface area contributed by atoms with Crippen LogP contribution in [0.5, 0.6) is 0 Å². The lowest BCUT2D eigenvalue weighted by atomic mass is 10.0. The predicted molar refractivity (Wildman–Crippen MR) is 100 cm³/mol. The van der Waals surface area contributed by atoms with E-state index in [0.29, 0.717) is 11.8 Å². The fourth-order valence-corrected chi connectivity index (χ4v) is 2.78. The van der Waals surface area contributed by atoms with E-state index in [-0.39, 0.29) is 18.3 Å². The first kappa shape index (κ1) is 17.4. The van der Waals surface area contributed by atoms with Gasteiger partial charge in [-0.25, -0.2) is 0 Å². The Bertz CT molecular complexity index is 872. The fraction of sp³-hybridized carbons (Fsp3) is 0.211. The van der Waals surface area contributed by atoms with E-state index >= 15 is 0 Å². The number of amides is 1. The summed E-state index contributed by atoms with van der Waals surface area (Å²) in [5.74, 6) is 0.636. The number of carbonyl (C=O) groups excluding carboxylic acids is 1. The Balaban J connectivity index is 1.63. The molecule has 1 amide bonds. The lowest BCUT2D eigenvalue weighted by molar-refractivity contribution is -0.115. The topological polar surface area (TPSA) is 68.0 Å². The fourth-order valence-electron chi connectivity index (χ4n) is 2.38. The third-order valence-corrected chi connectivity index (χ3v) is 4.25. The van der Waals surface area contributed by atoms with Crippen molar-refractivity contribution in [3.8, 4) is 11.5 Å². The van der Waals surface area contributed by atoms with E-state index in [1.807, 2.05) is 48.5 Å². The Morgan fingerprint density at radius 2 is 1.92 bits per heavy atom. The third kappa shape index (κ3) is 4.54. The van der Waals surface area contributed by atoms with Crippen molar-refractivity contribution in [1.82, 2.24) is 10.2 Å². The van der Waals surface area contributed by atoms with Gasteiger partial charge in [-0.2, -0.15) is 0 Å². The van der Waals surface area contributed by atoms with Crippen molar-refractivity contribution >= 4 is 27.9 Å². The minimum Gasteiger partial charge on any atom is -0.403 e. The van der Waals surface area contributed by atoms with E-state index < -0.39 is 0 Å². The average molecular weight is 400 g/mol. The molecule has 3 rings (SSSR count). The molecule has 1 aromatic heterocycles. The van der Waals surface area contributed by atoms with Gasteiger partial charge in [0.1, 0.15) is 0 Å². The number of carbonyl (C=O) groups is 1. The number of anilines is 1. The zero-order valence-corrected chi connectivity index (χ0v) is 15.6. The van der Waals surface area contributed by atoms with Gasteiger partial charge in [-0.3, -0.25) is 10.1 Å². The quantitative estimate of drug-likeness (QED) is 0.668. The van der Waals surface area contributed by atoms with Crippen LogP contribution in [-0.4, -0.2) is 16.1 Å². The van der Waals surface area contributed by atoms with Gasteiger partial charge in [0.2, 0.25) is 11.8 Å². The minimum absolute atomic E-state index is 0.0961. The lowest BCUT2D eigenvalue weighted by Crippen LogP contribution is -2.14. The molecule has 0 atom stereocenters. The summed E-state index contributed by atoms with van der Waals surface area (Å²) in [5, 5.41) is 10.5. The first-order valence-corrected chi connectivity index (χ1v) is 8.78. The lowest BCUT2D eigenvalue weighted by Gasteiger charge is -2.06. The van der Waals surface area contributed by atoms with Crippen LogP contribution in [-0.2, 0) is 11.2 Å². The predicted octanol–water partition coefficient (Wildman–Crippen LogP) is 4.80. The zero-order chi connectivity index (χ0) is 17.8. The van der Waals surface area contributed by atoms with E-state index in [9.17, 15) is 4.79 Å². The van der Waals surface area contributed by atoms with Gasteiger partial charge < -0.3 is 4.42 Å². The smallest absolute Gasteiger partial charge is 0.322 e. The molecule has 0 fully saturated rings. The number of nitrogens with zero attached hydrogens (tertiary/aromatic N) is 2. The second kappa shape index (κ2) is 7.61. The molecule has 25 heavy (non-hydrogen) atoms. The molecule has 1 heterocycles. The average Bonchev–Trinajstić information content (AvgIpc) is 3.03. The molecule has 0 aliphatic heterocycles. The van der Waals surface area contributed by atoms with Crippen molar-refractivity contribution < 1.29 is 9.21 Å². The second-order valence-corrected chi connectivity index (χ2v) is 6.96. The van der Waals surface area contributed by atoms with Crippen LogP contribution >= 0.6 is 15.9 Å². The Kier molecular flexibility index (Phi) is 5.28. The van der Waals surface area contributed by atoms with Gasteiger partial charge in [-0.15, -0.1) is 5.10 Å². The van der Waals surface area contributed by atoms with E-state index in [2.05, 4.69) is 45.3 Å². The molecule has 3 aromatic rings. The number of aromatic nitrogens is 2. The Morgan fingerprint density at radius 1 is 1.16 bits per heavy atom. The summed E-state index contributed by atoms with van der Waals surface area (Å²) >= 11 is 3.40. The summed E-state index contributed by atoms with van der Waals surface area (Å²) in [6.07, 6.45) is 0.257. The molecule has 0 unspecified atom stereocenters. The van der Waals surface area contributed by atoms with Crippen LogP contribution in [0.15, 0.2) is 57.4 Å². The van der Waals surface area contributed by atoms with Gasteiger partial charge >= 0.3 is 6.01 Å². The van der Waals surface area contributed by atoms with E-state index in [1.54, 1.807) is 0 Å². The van der Waals surface area contributed by atoms with E-state index in [1.165, 1.54) is 5.56 Å². The molecule has 0 aliphatic carbocycles. The highest BCUT2D eigenvalue weighted by Crippen LogP contribution is 2.23. The third-order valence-electron chi connectivity index (χ3n) is 3.75. The maximum atomic E-state index is 12.2. The molecule has 0 aliphatic rings. The molecule has 5 nitrogen and oxygen atoms in total. The second-order valence-electron chi connectivity index (χ2n) is 6.04. The highest BCUT2D eigenvalue weighted by atomic mass is 79.9. The molecule has 128 valence electrons. The van der Waals surface area contributed by atoms with Crippen molar-refractivity contribution in [3.05, 3.63) is 64.1 Å². The van der Waals surface area contributed by atoms with Crippen LogP contribution < -0.4 is 5.32 Å². The molecule has 6 heteroatoms. The SMILES string of the molecule is CC(C)c1ccc(CC(=O)Nc2nnc(-c3cccc(Br)c3)o2)cc1. The summed E-state index contributed by atoms with van der Waals surface area (Å²) < 4.78 is 6.42.